The number of hydrogen-bond donors (Lipinski definition) is 1. The molecule has 1 N–H and O–H groups in total. The summed E-state index contributed by atoms with van der Waals surface area (Å²) in [5, 5.41) is 16.0. The molecule has 1 amide bonds. The van der Waals surface area contributed by atoms with E-state index in [0.717, 1.165) is 5.69 Å². The van der Waals surface area contributed by atoms with Crippen molar-refractivity contribution in [2.75, 3.05) is 48.5 Å². The minimum absolute atomic E-state index is 0.0463. The van der Waals surface area contributed by atoms with Gasteiger partial charge in [-0.1, -0.05) is 18.2 Å². The van der Waals surface area contributed by atoms with Crippen LogP contribution in [-0.2, 0) is 9.59 Å². The van der Waals surface area contributed by atoms with Crippen LogP contribution in [0.15, 0.2) is 54.2 Å². The zero-order valence-corrected chi connectivity index (χ0v) is 22.4. The molecule has 1 unspecified atom stereocenters. The fraction of sp³-hybridized carbons (Fsp3) is 0.321. The number of Topliss-reactive ketones (excluding diaryl/α,β-unsaturated/α-hetero) is 1. The van der Waals surface area contributed by atoms with Crippen LogP contribution in [0.4, 0.5) is 0 Å². The standard InChI is InChI=1S/C28H32N4O6/c1-17-20(16-29-32(17)18-10-8-7-9-11-18)26(33)24-25(31(13-12-30(2)3)28(35)27(24)34)19-14-22(37-5)23(38-6)15-21(19)36-4/h7-11,14-16,25,33H,12-13H2,1-6H3/b26-24+. The lowest BCUT2D eigenvalue weighted by atomic mass is 9.94. The Balaban J connectivity index is 1.94. The molecule has 10 heteroatoms. The van der Waals surface area contributed by atoms with E-state index in [4.69, 9.17) is 14.2 Å². The highest BCUT2D eigenvalue weighted by Gasteiger charge is 2.47. The number of aliphatic hydroxyl groups excluding tert-OH is 1. The summed E-state index contributed by atoms with van der Waals surface area (Å²) in [6.45, 7) is 2.55. The largest absolute Gasteiger partial charge is 0.507 e. The van der Waals surface area contributed by atoms with Crippen molar-refractivity contribution in [2.45, 2.75) is 13.0 Å². The molecule has 2 heterocycles. The molecule has 0 saturated carbocycles. The number of ether oxygens (including phenoxy) is 3. The number of methoxy groups -OCH3 is 3. The van der Waals surface area contributed by atoms with Crippen LogP contribution in [0.25, 0.3) is 11.4 Å². The number of nitrogens with zero attached hydrogens (tertiary/aromatic N) is 4. The van der Waals surface area contributed by atoms with Crippen molar-refractivity contribution in [1.29, 1.82) is 0 Å². The van der Waals surface area contributed by atoms with E-state index in [1.165, 1.54) is 32.4 Å². The summed E-state index contributed by atoms with van der Waals surface area (Å²) in [7, 11) is 8.25. The summed E-state index contributed by atoms with van der Waals surface area (Å²) in [6.07, 6.45) is 1.49. The van der Waals surface area contributed by atoms with E-state index in [1.54, 1.807) is 23.7 Å². The number of ketones is 1. The van der Waals surface area contributed by atoms with Gasteiger partial charge in [-0.2, -0.15) is 5.10 Å². The number of likely N-dealkylation sites (tertiary alicyclic amines) is 1. The van der Waals surface area contributed by atoms with Gasteiger partial charge in [-0.15, -0.1) is 0 Å². The van der Waals surface area contributed by atoms with Gasteiger partial charge in [-0.3, -0.25) is 9.59 Å². The maximum absolute atomic E-state index is 13.5. The van der Waals surface area contributed by atoms with Crippen LogP contribution in [0, 0.1) is 6.92 Å². The lowest BCUT2D eigenvalue weighted by Gasteiger charge is -2.28. The Morgan fingerprint density at radius 1 is 1.00 bits per heavy atom. The number of carbonyl (C=O) groups is 2. The summed E-state index contributed by atoms with van der Waals surface area (Å²) in [5.41, 5.74) is 2.21. The highest BCUT2D eigenvalue weighted by Crippen LogP contribution is 2.46. The number of amides is 1. The van der Waals surface area contributed by atoms with Crippen LogP contribution in [-0.4, -0.2) is 84.9 Å². The third kappa shape index (κ3) is 4.70. The normalized spacial score (nSPS) is 16.8. The van der Waals surface area contributed by atoms with Gasteiger partial charge in [0.05, 0.1) is 56.1 Å². The molecular weight excluding hydrogens is 488 g/mol. The number of para-hydroxylation sites is 1. The number of likely N-dealkylation sites (N-methyl/N-ethyl adjacent to an activating group) is 1. The second-order valence-corrected chi connectivity index (χ2v) is 9.14. The van der Waals surface area contributed by atoms with Crippen molar-refractivity contribution < 1.29 is 28.9 Å². The first-order valence-electron chi connectivity index (χ1n) is 12.1. The number of benzene rings is 2. The van der Waals surface area contributed by atoms with E-state index in [9.17, 15) is 14.7 Å². The molecule has 1 fully saturated rings. The second kappa shape index (κ2) is 11.0. The number of aromatic nitrogens is 2. The van der Waals surface area contributed by atoms with Gasteiger partial charge in [-0.25, -0.2) is 4.68 Å². The molecule has 3 aromatic rings. The summed E-state index contributed by atoms with van der Waals surface area (Å²) in [4.78, 5) is 30.2. The minimum atomic E-state index is -0.927. The van der Waals surface area contributed by atoms with Gasteiger partial charge in [0.15, 0.2) is 11.5 Å². The SMILES string of the molecule is COc1cc(OC)c(C2/C(=C(\O)c3cnn(-c4ccccc4)c3C)C(=O)C(=O)N2CCN(C)C)cc1OC. The Morgan fingerprint density at radius 3 is 2.24 bits per heavy atom. The van der Waals surface area contributed by atoms with Crippen molar-refractivity contribution in [2.24, 2.45) is 0 Å². The van der Waals surface area contributed by atoms with Crippen LogP contribution in [0.3, 0.4) is 0 Å². The third-order valence-electron chi connectivity index (χ3n) is 6.62. The minimum Gasteiger partial charge on any atom is -0.507 e. The first-order chi connectivity index (χ1) is 18.2. The highest BCUT2D eigenvalue weighted by molar-refractivity contribution is 6.46. The summed E-state index contributed by atoms with van der Waals surface area (Å²) in [6, 6.07) is 11.8. The molecule has 200 valence electrons. The van der Waals surface area contributed by atoms with Gasteiger partial charge in [-0.05, 0) is 39.2 Å². The van der Waals surface area contributed by atoms with Crippen LogP contribution in [0.1, 0.15) is 22.9 Å². The summed E-state index contributed by atoms with van der Waals surface area (Å²) >= 11 is 0. The van der Waals surface area contributed by atoms with Gasteiger partial charge in [0, 0.05) is 24.7 Å². The summed E-state index contributed by atoms with van der Waals surface area (Å²) < 4.78 is 18.2. The molecule has 1 saturated heterocycles. The highest BCUT2D eigenvalue weighted by atomic mass is 16.5. The van der Waals surface area contributed by atoms with E-state index in [0.29, 0.717) is 40.6 Å². The Bertz CT molecular complexity index is 1380. The summed E-state index contributed by atoms with van der Waals surface area (Å²) in [5.74, 6) is -0.588. The van der Waals surface area contributed by atoms with Crippen molar-refractivity contribution in [3.8, 4) is 22.9 Å². The van der Waals surface area contributed by atoms with E-state index in [2.05, 4.69) is 5.10 Å². The van der Waals surface area contributed by atoms with Gasteiger partial charge in [0.2, 0.25) is 0 Å². The average molecular weight is 521 g/mol. The fourth-order valence-electron chi connectivity index (χ4n) is 4.62. The van der Waals surface area contributed by atoms with Gasteiger partial charge >= 0.3 is 0 Å². The third-order valence-corrected chi connectivity index (χ3v) is 6.62. The van der Waals surface area contributed by atoms with Gasteiger partial charge in [0.1, 0.15) is 11.5 Å². The Morgan fingerprint density at radius 2 is 1.63 bits per heavy atom. The lowest BCUT2D eigenvalue weighted by molar-refractivity contribution is -0.140. The van der Waals surface area contributed by atoms with Crippen LogP contribution < -0.4 is 14.2 Å². The monoisotopic (exact) mass is 520 g/mol. The molecule has 1 aromatic heterocycles. The Hall–Kier alpha value is -4.31. The zero-order valence-electron chi connectivity index (χ0n) is 22.4. The number of rotatable bonds is 9. The predicted octanol–water partition coefficient (Wildman–Crippen LogP) is 3.19. The van der Waals surface area contributed by atoms with E-state index in [1.807, 2.05) is 49.3 Å². The molecule has 0 aliphatic carbocycles. The van der Waals surface area contributed by atoms with Crippen LogP contribution in [0.2, 0.25) is 0 Å². The molecule has 1 aliphatic rings. The molecule has 38 heavy (non-hydrogen) atoms. The molecule has 4 rings (SSSR count). The first-order valence-corrected chi connectivity index (χ1v) is 12.1. The second-order valence-electron chi connectivity index (χ2n) is 9.14. The predicted molar refractivity (Wildman–Crippen MR) is 142 cm³/mol. The quantitative estimate of drug-likeness (QED) is 0.261. The molecule has 1 atom stereocenters. The fourth-order valence-corrected chi connectivity index (χ4v) is 4.62. The van der Waals surface area contributed by atoms with E-state index in [-0.39, 0.29) is 17.9 Å². The van der Waals surface area contributed by atoms with Crippen molar-refractivity contribution in [3.05, 3.63) is 71.1 Å². The van der Waals surface area contributed by atoms with Crippen molar-refractivity contribution in [1.82, 2.24) is 19.6 Å². The number of carbonyl (C=O) groups excluding carboxylic acids is 2. The van der Waals surface area contributed by atoms with Gasteiger partial charge in [0.25, 0.3) is 11.7 Å². The molecular formula is C28H32N4O6. The Kier molecular flexibility index (Phi) is 7.72. The van der Waals surface area contributed by atoms with Crippen molar-refractivity contribution >= 4 is 17.4 Å². The maximum Gasteiger partial charge on any atom is 0.295 e. The molecule has 1 aliphatic heterocycles. The van der Waals surface area contributed by atoms with Crippen LogP contribution in [0.5, 0.6) is 17.2 Å². The topological polar surface area (TPSA) is 106 Å². The molecule has 0 radical (unpaired) electrons. The van der Waals surface area contributed by atoms with E-state index >= 15 is 0 Å². The Labute approximate surface area is 221 Å². The first kappa shape index (κ1) is 26.7. The smallest absolute Gasteiger partial charge is 0.295 e. The van der Waals surface area contributed by atoms with Gasteiger partial charge < -0.3 is 29.1 Å². The molecule has 10 nitrogen and oxygen atoms in total. The zero-order chi connectivity index (χ0) is 27.6. The number of aliphatic hydroxyl groups is 1. The average Bonchev–Trinajstić information content (AvgIpc) is 3.43. The molecule has 0 bridgehead atoms. The van der Waals surface area contributed by atoms with E-state index < -0.39 is 17.7 Å². The maximum atomic E-state index is 13.5. The lowest BCUT2D eigenvalue weighted by Crippen LogP contribution is -2.35. The number of hydrogen-bond acceptors (Lipinski definition) is 8. The molecule has 0 spiro atoms. The molecule has 2 aromatic carbocycles. The van der Waals surface area contributed by atoms with Crippen LogP contribution >= 0.6 is 0 Å². The van der Waals surface area contributed by atoms with Crippen molar-refractivity contribution in [3.63, 3.8) is 0 Å².